The molecule has 1 aromatic heterocycles. The van der Waals surface area contributed by atoms with Crippen molar-refractivity contribution in [3.05, 3.63) is 11.1 Å². The van der Waals surface area contributed by atoms with Gasteiger partial charge < -0.3 is 9.80 Å². The number of carbonyl (C=O) groups excluding carboxylic acids is 2. The molecule has 2 heterocycles. The number of thiazole rings is 1. The van der Waals surface area contributed by atoms with Crippen molar-refractivity contribution in [3.8, 4) is 0 Å². The molecule has 0 aromatic carbocycles. The van der Waals surface area contributed by atoms with Gasteiger partial charge in [0.1, 0.15) is 6.54 Å². The minimum atomic E-state index is -0.0243. The lowest BCUT2D eigenvalue weighted by Crippen LogP contribution is -2.53. The molecule has 0 saturated carbocycles. The first-order valence-electron chi connectivity index (χ1n) is 6.11. The number of nitrogens with two attached hydrogens (primary N) is 1. The normalized spacial score (nSPS) is 16.1. The summed E-state index contributed by atoms with van der Waals surface area (Å²) in [5, 5.41) is 0.596. The summed E-state index contributed by atoms with van der Waals surface area (Å²) in [5.74, 6) is 5.23. The van der Waals surface area contributed by atoms with E-state index < -0.39 is 0 Å². The first kappa shape index (κ1) is 13.8. The van der Waals surface area contributed by atoms with Gasteiger partial charge in [0, 0.05) is 17.6 Å². The van der Waals surface area contributed by atoms with Crippen LogP contribution in [0.15, 0.2) is 6.20 Å². The molecule has 1 aliphatic rings. The highest BCUT2D eigenvalue weighted by Gasteiger charge is 2.29. The minimum Gasteiger partial charge on any atom is -0.332 e. The Morgan fingerprint density at radius 3 is 2.68 bits per heavy atom. The fourth-order valence-corrected chi connectivity index (χ4v) is 2.69. The van der Waals surface area contributed by atoms with E-state index in [1.165, 1.54) is 11.3 Å². The molecule has 7 nitrogen and oxygen atoms in total. The zero-order chi connectivity index (χ0) is 13.8. The van der Waals surface area contributed by atoms with Crippen LogP contribution in [0, 0.1) is 0 Å². The van der Waals surface area contributed by atoms with E-state index in [-0.39, 0.29) is 24.9 Å². The standard InChI is InChI=1S/C11H17N5O2S/c1-2-3-15-6-10(18)16(7-9(15)17)5-8-4-13-11(14-12)19-8/h4H,2-3,5-7,12H2,1H3,(H,13,14). The van der Waals surface area contributed by atoms with Gasteiger partial charge in [-0.15, -0.1) is 0 Å². The fraction of sp³-hybridized carbons (Fsp3) is 0.545. The molecule has 3 N–H and O–H groups in total. The number of hydrazine groups is 1. The number of hydrogen-bond acceptors (Lipinski definition) is 6. The second kappa shape index (κ2) is 5.98. The SMILES string of the molecule is CCCN1CC(=O)N(Cc2cnc(NN)s2)CC1=O. The van der Waals surface area contributed by atoms with Crippen LogP contribution in [0.25, 0.3) is 0 Å². The molecule has 8 heteroatoms. The van der Waals surface area contributed by atoms with E-state index in [1.54, 1.807) is 16.0 Å². The topological polar surface area (TPSA) is 91.6 Å². The van der Waals surface area contributed by atoms with Crippen LogP contribution in [0.3, 0.4) is 0 Å². The molecule has 0 radical (unpaired) electrons. The number of nitrogens with one attached hydrogen (secondary N) is 1. The average molecular weight is 283 g/mol. The lowest BCUT2D eigenvalue weighted by Gasteiger charge is -2.33. The van der Waals surface area contributed by atoms with Gasteiger partial charge in [-0.3, -0.25) is 15.0 Å². The quantitative estimate of drug-likeness (QED) is 0.586. The summed E-state index contributed by atoms with van der Waals surface area (Å²) in [5.41, 5.74) is 2.46. The summed E-state index contributed by atoms with van der Waals surface area (Å²) in [6, 6.07) is 0. The number of hydrogen-bond donors (Lipinski definition) is 2. The molecular weight excluding hydrogens is 266 g/mol. The van der Waals surface area contributed by atoms with Crippen LogP contribution in [0.2, 0.25) is 0 Å². The molecule has 1 saturated heterocycles. The molecule has 0 unspecified atom stereocenters. The number of carbonyl (C=O) groups is 2. The molecule has 104 valence electrons. The van der Waals surface area contributed by atoms with E-state index in [9.17, 15) is 9.59 Å². The van der Waals surface area contributed by atoms with Crippen LogP contribution in [-0.2, 0) is 16.1 Å². The number of nitrogens with zero attached hydrogens (tertiary/aromatic N) is 3. The van der Waals surface area contributed by atoms with Crippen molar-refractivity contribution in [3.63, 3.8) is 0 Å². The van der Waals surface area contributed by atoms with E-state index in [0.29, 0.717) is 18.2 Å². The van der Waals surface area contributed by atoms with E-state index in [2.05, 4.69) is 10.4 Å². The molecule has 0 atom stereocenters. The average Bonchev–Trinajstić information content (AvgIpc) is 2.83. The van der Waals surface area contributed by atoms with E-state index in [1.807, 2.05) is 6.92 Å². The highest BCUT2D eigenvalue weighted by molar-refractivity contribution is 7.15. The van der Waals surface area contributed by atoms with Crippen molar-refractivity contribution in [1.29, 1.82) is 0 Å². The zero-order valence-electron chi connectivity index (χ0n) is 10.8. The maximum atomic E-state index is 12.0. The van der Waals surface area contributed by atoms with Crippen LogP contribution in [0.1, 0.15) is 18.2 Å². The molecule has 0 spiro atoms. The largest absolute Gasteiger partial charge is 0.332 e. The number of amides is 2. The zero-order valence-corrected chi connectivity index (χ0v) is 11.6. The summed E-state index contributed by atoms with van der Waals surface area (Å²) in [7, 11) is 0. The fourth-order valence-electron chi connectivity index (χ4n) is 1.96. The molecule has 1 aliphatic heterocycles. The number of nitrogen functional groups attached to an aromatic ring is 1. The van der Waals surface area contributed by atoms with E-state index in [4.69, 9.17) is 5.84 Å². The van der Waals surface area contributed by atoms with Gasteiger partial charge in [-0.1, -0.05) is 18.3 Å². The van der Waals surface area contributed by atoms with Gasteiger partial charge in [-0.2, -0.15) is 0 Å². The molecule has 1 aromatic rings. The maximum absolute atomic E-state index is 12.0. The minimum absolute atomic E-state index is 0.00291. The van der Waals surface area contributed by atoms with Gasteiger partial charge in [-0.25, -0.2) is 10.8 Å². The molecule has 2 amide bonds. The maximum Gasteiger partial charge on any atom is 0.242 e. The lowest BCUT2D eigenvalue weighted by atomic mass is 10.2. The van der Waals surface area contributed by atoms with E-state index >= 15 is 0 Å². The summed E-state index contributed by atoms with van der Waals surface area (Å²) in [6.07, 6.45) is 2.52. The van der Waals surface area contributed by atoms with Crippen molar-refractivity contribution in [2.45, 2.75) is 19.9 Å². The highest BCUT2D eigenvalue weighted by atomic mass is 32.1. The monoisotopic (exact) mass is 283 g/mol. The van der Waals surface area contributed by atoms with Gasteiger partial charge in [0.15, 0.2) is 5.13 Å². The first-order valence-corrected chi connectivity index (χ1v) is 6.92. The Morgan fingerprint density at radius 2 is 2.05 bits per heavy atom. The van der Waals surface area contributed by atoms with Gasteiger partial charge in [-0.05, 0) is 6.42 Å². The Bertz CT molecular complexity index is 475. The van der Waals surface area contributed by atoms with Crippen LogP contribution < -0.4 is 11.3 Å². The second-order valence-electron chi connectivity index (χ2n) is 4.34. The smallest absolute Gasteiger partial charge is 0.242 e. The summed E-state index contributed by atoms with van der Waals surface area (Å²) in [6.45, 7) is 3.35. The van der Waals surface area contributed by atoms with Crippen LogP contribution >= 0.6 is 11.3 Å². The number of aromatic nitrogens is 1. The summed E-state index contributed by atoms with van der Waals surface area (Å²) in [4.78, 5) is 32.0. The number of piperazine rings is 1. The van der Waals surface area contributed by atoms with Gasteiger partial charge in [0.2, 0.25) is 11.8 Å². The molecular formula is C11H17N5O2S. The predicted molar refractivity (Wildman–Crippen MR) is 72.2 cm³/mol. The Labute approximate surface area is 115 Å². The molecule has 2 rings (SSSR count). The van der Waals surface area contributed by atoms with Crippen LogP contribution in [0.4, 0.5) is 5.13 Å². The Hall–Kier alpha value is -1.67. The first-order chi connectivity index (χ1) is 9.13. The Kier molecular flexibility index (Phi) is 4.33. The van der Waals surface area contributed by atoms with Crippen LogP contribution in [0.5, 0.6) is 0 Å². The van der Waals surface area contributed by atoms with Crippen molar-refractivity contribution in [2.75, 3.05) is 25.1 Å². The van der Waals surface area contributed by atoms with E-state index in [0.717, 1.165) is 11.3 Å². The molecule has 19 heavy (non-hydrogen) atoms. The molecule has 0 aliphatic carbocycles. The third-order valence-electron chi connectivity index (χ3n) is 2.87. The molecule has 0 bridgehead atoms. The summed E-state index contributed by atoms with van der Waals surface area (Å²) >= 11 is 1.37. The van der Waals surface area contributed by atoms with Crippen LogP contribution in [-0.4, -0.2) is 46.2 Å². The highest BCUT2D eigenvalue weighted by Crippen LogP contribution is 2.19. The second-order valence-corrected chi connectivity index (χ2v) is 5.46. The van der Waals surface area contributed by atoms with Crippen molar-refractivity contribution in [2.24, 2.45) is 5.84 Å². The Morgan fingerprint density at radius 1 is 1.37 bits per heavy atom. The number of anilines is 1. The molecule has 1 fully saturated rings. The van der Waals surface area contributed by atoms with Crippen molar-refractivity contribution in [1.82, 2.24) is 14.8 Å². The number of rotatable bonds is 5. The van der Waals surface area contributed by atoms with Crippen molar-refractivity contribution >= 4 is 28.3 Å². The third kappa shape index (κ3) is 3.21. The van der Waals surface area contributed by atoms with Crippen molar-refractivity contribution < 1.29 is 9.59 Å². The predicted octanol–water partition coefficient (Wildman–Crippen LogP) is 0.00950. The van der Waals surface area contributed by atoms with Gasteiger partial charge in [0.05, 0.1) is 13.1 Å². The summed E-state index contributed by atoms with van der Waals surface area (Å²) < 4.78 is 0. The Balaban J connectivity index is 1.98. The lowest BCUT2D eigenvalue weighted by molar-refractivity contribution is -0.150. The van der Waals surface area contributed by atoms with Gasteiger partial charge >= 0.3 is 0 Å². The van der Waals surface area contributed by atoms with Gasteiger partial charge in [0.25, 0.3) is 0 Å². The third-order valence-corrected chi connectivity index (χ3v) is 3.79.